The number of nitrogens with one attached hydrogen (secondary N) is 1. The normalized spacial score (nSPS) is 19.8. The lowest BCUT2D eigenvalue weighted by Crippen LogP contribution is -2.41. The third-order valence-electron chi connectivity index (χ3n) is 3.16. The molecule has 1 saturated carbocycles. The molecule has 0 unspecified atom stereocenters. The lowest BCUT2D eigenvalue weighted by molar-refractivity contribution is -0.122. The van der Waals surface area contributed by atoms with Crippen molar-refractivity contribution in [3.63, 3.8) is 0 Å². The van der Waals surface area contributed by atoms with Crippen molar-refractivity contribution in [3.8, 4) is 0 Å². The van der Waals surface area contributed by atoms with Crippen molar-refractivity contribution in [1.82, 2.24) is 5.32 Å². The monoisotopic (exact) mass is 244 g/mol. The van der Waals surface area contributed by atoms with Crippen LogP contribution in [0.1, 0.15) is 38.5 Å². The molecule has 0 aliphatic heterocycles. The Balaban J connectivity index is 2.06. The summed E-state index contributed by atoms with van der Waals surface area (Å²) >= 11 is 0. The van der Waals surface area contributed by atoms with Crippen molar-refractivity contribution in [1.29, 1.82) is 0 Å². The lowest BCUT2D eigenvalue weighted by Gasteiger charge is -2.26. The van der Waals surface area contributed by atoms with E-state index in [1.165, 1.54) is 12.8 Å². The second-order valence-corrected chi connectivity index (χ2v) is 4.83. The largest absolute Gasteiger partial charge is 0.389 e. The summed E-state index contributed by atoms with van der Waals surface area (Å²) in [7, 11) is 0. The smallest absolute Gasteiger partial charge is 0.243 e. The molecule has 1 rings (SSSR count). The van der Waals surface area contributed by atoms with Crippen LogP contribution in [0.3, 0.4) is 0 Å². The van der Waals surface area contributed by atoms with Crippen LogP contribution in [-0.2, 0) is 9.53 Å². The maximum atomic E-state index is 10.4. The zero-order valence-electron chi connectivity index (χ0n) is 10.4. The van der Waals surface area contributed by atoms with E-state index in [0.29, 0.717) is 19.7 Å². The molecule has 0 saturated heterocycles. The van der Waals surface area contributed by atoms with Gasteiger partial charge in [-0.15, -0.1) is 0 Å². The Morgan fingerprint density at radius 2 is 1.94 bits per heavy atom. The van der Waals surface area contributed by atoms with Crippen molar-refractivity contribution in [2.24, 2.45) is 5.73 Å². The number of primary amides is 1. The minimum absolute atomic E-state index is 0.0358. The van der Waals surface area contributed by atoms with Gasteiger partial charge in [0.15, 0.2) is 0 Å². The number of rotatable bonds is 7. The van der Waals surface area contributed by atoms with Gasteiger partial charge < -0.3 is 20.9 Å². The number of carbonyl (C=O) groups is 1. The zero-order chi connectivity index (χ0) is 12.6. The Bertz CT molecular complexity index is 226. The molecule has 0 aromatic rings. The van der Waals surface area contributed by atoms with Crippen molar-refractivity contribution in [2.45, 2.75) is 44.1 Å². The molecular formula is C12H24N2O3. The summed E-state index contributed by atoms with van der Waals surface area (Å²) in [4.78, 5) is 10.4. The number of aliphatic hydroxyl groups is 1. The van der Waals surface area contributed by atoms with Crippen LogP contribution in [0.15, 0.2) is 0 Å². The molecule has 0 bridgehead atoms. The highest BCUT2D eigenvalue weighted by Crippen LogP contribution is 2.26. The summed E-state index contributed by atoms with van der Waals surface area (Å²) in [5, 5.41) is 13.5. The zero-order valence-corrected chi connectivity index (χ0v) is 10.4. The average Bonchev–Trinajstić information content (AvgIpc) is 2.48. The van der Waals surface area contributed by atoms with E-state index in [-0.39, 0.29) is 6.61 Å². The Labute approximate surface area is 103 Å². The average molecular weight is 244 g/mol. The Hall–Kier alpha value is -0.650. The van der Waals surface area contributed by atoms with E-state index in [9.17, 15) is 9.90 Å². The molecule has 1 aliphatic carbocycles. The fourth-order valence-electron chi connectivity index (χ4n) is 2.20. The highest BCUT2D eigenvalue weighted by atomic mass is 16.5. The number of amides is 1. The van der Waals surface area contributed by atoms with Crippen molar-refractivity contribution in [3.05, 3.63) is 0 Å². The van der Waals surface area contributed by atoms with Gasteiger partial charge in [0.25, 0.3) is 0 Å². The Kier molecular flexibility index (Phi) is 6.47. The molecule has 5 heteroatoms. The summed E-state index contributed by atoms with van der Waals surface area (Å²) in [5.41, 5.74) is 4.38. The lowest BCUT2D eigenvalue weighted by atomic mass is 9.94. The quantitative estimate of drug-likeness (QED) is 0.440. The van der Waals surface area contributed by atoms with Crippen LogP contribution in [0.4, 0.5) is 0 Å². The molecule has 1 aliphatic rings. The molecule has 0 heterocycles. The van der Waals surface area contributed by atoms with Gasteiger partial charge in [-0.05, 0) is 12.8 Å². The molecule has 0 aromatic carbocycles. The van der Waals surface area contributed by atoms with Gasteiger partial charge in [0, 0.05) is 13.1 Å². The van der Waals surface area contributed by atoms with Crippen LogP contribution < -0.4 is 11.1 Å². The van der Waals surface area contributed by atoms with Crippen LogP contribution in [0.25, 0.3) is 0 Å². The molecule has 0 spiro atoms. The van der Waals surface area contributed by atoms with Crippen molar-refractivity contribution < 1.29 is 14.6 Å². The van der Waals surface area contributed by atoms with E-state index in [0.717, 1.165) is 25.7 Å². The fraction of sp³-hybridized carbons (Fsp3) is 0.917. The standard InChI is InChI=1S/C12H24N2O3/c13-11(15)9-17-8-7-14-10-12(16)5-3-1-2-4-6-12/h14,16H,1-10H2,(H2,13,15). The van der Waals surface area contributed by atoms with Gasteiger partial charge in [-0.3, -0.25) is 4.79 Å². The second-order valence-electron chi connectivity index (χ2n) is 4.83. The highest BCUT2D eigenvalue weighted by molar-refractivity contribution is 5.74. The van der Waals surface area contributed by atoms with E-state index in [1.54, 1.807) is 0 Å². The predicted octanol–water partition coefficient (Wildman–Crippen LogP) is 0.163. The van der Waals surface area contributed by atoms with Gasteiger partial charge in [0.2, 0.25) is 5.91 Å². The number of ether oxygens (including phenoxy) is 1. The first-order valence-corrected chi connectivity index (χ1v) is 6.42. The summed E-state index contributed by atoms with van der Waals surface area (Å²) in [5.74, 6) is -0.451. The molecule has 100 valence electrons. The van der Waals surface area contributed by atoms with Crippen molar-refractivity contribution in [2.75, 3.05) is 26.3 Å². The van der Waals surface area contributed by atoms with Gasteiger partial charge in [0.05, 0.1) is 12.2 Å². The molecule has 0 radical (unpaired) electrons. The number of carbonyl (C=O) groups excluding carboxylic acids is 1. The summed E-state index contributed by atoms with van der Waals surface area (Å²) < 4.78 is 5.02. The summed E-state index contributed by atoms with van der Waals surface area (Å²) in [6.07, 6.45) is 6.42. The molecule has 4 N–H and O–H groups in total. The molecule has 17 heavy (non-hydrogen) atoms. The van der Waals surface area contributed by atoms with Gasteiger partial charge in [-0.2, -0.15) is 0 Å². The number of hydrogen-bond donors (Lipinski definition) is 3. The first-order chi connectivity index (χ1) is 8.12. The minimum Gasteiger partial charge on any atom is -0.389 e. The molecule has 1 fully saturated rings. The van der Waals surface area contributed by atoms with Gasteiger partial charge >= 0.3 is 0 Å². The van der Waals surface area contributed by atoms with E-state index >= 15 is 0 Å². The van der Waals surface area contributed by atoms with Crippen LogP contribution in [0.5, 0.6) is 0 Å². The van der Waals surface area contributed by atoms with E-state index in [2.05, 4.69) is 5.32 Å². The second kappa shape index (κ2) is 7.63. The van der Waals surface area contributed by atoms with Crippen LogP contribution in [-0.4, -0.2) is 42.9 Å². The van der Waals surface area contributed by atoms with Gasteiger partial charge in [0.1, 0.15) is 6.61 Å². The first kappa shape index (κ1) is 14.4. The Morgan fingerprint density at radius 3 is 2.53 bits per heavy atom. The third-order valence-corrected chi connectivity index (χ3v) is 3.16. The fourth-order valence-corrected chi connectivity index (χ4v) is 2.20. The molecule has 5 nitrogen and oxygen atoms in total. The Morgan fingerprint density at radius 1 is 1.29 bits per heavy atom. The SMILES string of the molecule is NC(=O)COCCNCC1(O)CCCCCC1. The molecule has 1 amide bonds. The minimum atomic E-state index is -0.555. The molecule has 0 aromatic heterocycles. The maximum absolute atomic E-state index is 10.4. The third kappa shape index (κ3) is 6.61. The first-order valence-electron chi connectivity index (χ1n) is 6.42. The van der Waals surface area contributed by atoms with E-state index in [1.807, 2.05) is 0 Å². The number of hydrogen-bond acceptors (Lipinski definition) is 4. The topological polar surface area (TPSA) is 84.6 Å². The van der Waals surface area contributed by atoms with E-state index < -0.39 is 11.5 Å². The number of nitrogens with two attached hydrogens (primary N) is 1. The highest BCUT2D eigenvalue weighted by Gasteiger charge is 2.27. The van der Waals surface area contributed by atoms with Crippen molar-refractivity contribution >= 4 is 5.91 Å². The van der Waals surface area contributed by atoms with Gasteiger partial charge in [-0.1, -0.05) is 25.7 Å². The van der Waals surface area contributed by atoms with E-state index in [4.69, 9.17) is 10.5 Å². The summed E-state index contributed by atoms with van der Waals surface area (Å²) in [6.45, 7) is 1.65. The van der Waals surface area contributed by atoms with Crippen LogP contribution in [0, 0.1) is 0 Å². The maximum Gasteiger partial charge on any atom is 0.243 e. The summed E-state index contributed by atoms with van der Waals surface area (Å²) in [6, 6.07) is 0. The van der Waals surface area contributed by atoms with Crippen LogP contribution >= 0.6 is 0 Å². The molecule has 0 atom stereocenters. The predicted molar refractivity (Wildman–Crippen MR) is 65.5 cm³/mol. The van der Waals surface area contributed by atoms with Gasteiger partial charge in [-0.25, -0.2) is 0 Å². The van der Waals surface area contributed by atoms with Crippen LogP contribution in [0.2, 0.25) is 0 Å². The molecular weight excluding hydrogens is 220 g/mol.